The number of anilines is 1. The number of carbonyl (C=O) groups excluding carboxylic acids is 2. The molecule has 0 saturated heterocycles. The lowest BCUT2D eigenvalue weighted by molar-refractivity contribution is -0.115. The van der Waals surface area contributed by atoms with Gasteiger partial charge in [0.1, 0.15) is 20.3 Å². The molecule has 1 aromatic heterocycles. The highest BCUT2D eigenvalue weighted by atomic mass is 16.6. The first-order chi connectivity index (χ1) is 13.1. The number of ether oxygens (including phenoxy) is 1. The van der Waals surface area contributed by atoms with Crippen LogP contribution < -0.4 is 10.8 Å². The highest BCUT2D eigenvalue weighted by Gasteiger charge is 2.20. The summed E-state index contributed by atoms with van der Waals surface area (Å²) in [6.45, 7) is 1.27. The molecular formula is C20H22BN3O3. The van der Waals surface area contributed by atoms with Gasteiger partial charge in [0.15, 0.2) is 0 Å². The third-order valence-corrected chi connectivity index (χ3v) is 4.42. The second kappa shape index (κ2) is 9.03. The average Bonchev–Trinajstić information content (AvgIpc) is 2.69. The van der Waals surface area contributed by atoms with E-state index in [0.717, 1.165) is 16.6 Å². The van der Waals surface area contributed by atoms with E-state index in [-0.39, 0.29) is 18.6 Å². The molecule has 0 fully saturated rings. The number of nitrogens with zero attached hydrogens (tertiary/aromatic N) is 2. The molecule has 2 amide bonds. The van der Waals surface area contributed by atoms with E-state index in [0.29, 0.717) is 31.7 Å². The van der Waals surface area contributed by atoms with Crippen LogP contribution in [0.2, 0.25) is 0 Å². The molecule has 1 aromatic carbocycles. The zero-order valence-corrected chi connectivity index (χ0v) is 15.4. The molecule has 0 saturated carbocycles. The summed E-state index contributed by atoms with van der Waals surface area (Å²) in [6.07, 6.45) is 4.22. The third-order valence-electron chi connectivity index (χ3n) is 4.42. The molecule has 1 N–H and O–H groups in total. The Hall–Kier alpha value is -3.09. The Morgan fingerprint density at radius 1 is 1.19 bits per heavy atom. The van der Waals surface area contributed by atoms with Gasteiger partial charge >= 0.3 is 6.09 Å². The van der Waals surface area contributed by atoms with Crippen LogP contribution in [0.25, 0.3) is 0 Å². The van der Waals surface area contributed by atoms with Crippen molar-refractivity contribution in [2.24, 2.45) is 0 Å². The minimum absolute atomic E-state index is 0.0943. The first-order valence-electron chi connectivity index (χ1n) is 8.97. The van der Waals surface area contributed by atoms with Gasteiger partial charge in [0, 0.05) is 25.7 Å². The summed E-state index contributed by atoms with van der Waals surface area (Å²) in [5.74, 6) is 0.494. The van der Waals surface area contributed by atoms with E-state index in [2.05, 4.69) is 10.3 Å². The molecule has 0 spiro atoms. The number of hydrogen-bond acceptors (Lipinski definition) is 4. The van der Waals surface area contributed by atoms with Crippen LogP contribution in [0.3, 0.4) is 0 Å². The summed E-state index contributed by atoms with van der Waals surface area (Å²) in [4.78, 5) is 30.2. The van der Waals surface area contributed by atoms with Crippen LogP contribution >= 0.6 is 0 Å². The van der Waals surface area contributed by atoms with E-state index in [1.54, 1.807) is 11.1 Å². The van der Waals surface area contributed by atoms with Crippen LogP contribution in [0.1, 0.15) is 18.4 Å². The predicted octanol–water partition coefficient (Wildman–Crippen LogP) is 1.64. The average molecular weight is 363 g/mol. The molecule has 0 unspecified atom stereocenters. The van der Waals surface area contributed by atoms with E-state index in [1.807, 2.05) is 56.4 Å². The molecule has 3 rings (SSSR count). The van der Waals surface area contributed by atoms with Crippen molar-refractivity contribution in [1.82, 2.24) is 9.88 Å². The molecular weight excluding hydrogens is 341 g/mol. The quantitative estimate of drug-likeness (QED) is 0.648. The second-order valence-corrected chi connectivity index (χ2v) is 6.49. The normalized spacial score (nSPS) is 13.6. The number of rotatable bonds is 5. The number of nitrogens with one attached hydrogen (secondary N) is 1. The lowest BCUT2D eigenvalue weighted by atomic mass is 9.97. The van der Waals surface area contributed by atoms with Crippen molar-refractivity contribution >= 4 is 31.1 Å². The Morgan fingerprint density at radius 3 is 2.70 bits per heavy atom. The van der Waals surface area contributed by atoms with Gasteiger partial charge in [-0.3, -0.25) is 4.79 Å². The molecule has 27 heavy (non-hydrogen) atoms. The van der Waals surface area contributed by atoms with Gasteiger partial charge in [-0.25, -0.2) is 9.78 Å². The molecule has 0 aliphatic carbocycles. The topological polar surface area (TPSA) is 71.5 Å². The fourth-order valence-corrected chi connectivity index (χ4v) is 2.85. The van der Waals surface area contributed by atoms with Gasteiger partial charge in [0.25, 0.3) is 0 Å². The molecule has 2 heterocycles. The molecule has 7 heteroatoms. The highest BCUT2D eigenvalue weighted by molar-refractivity contribution is 6.35. The largest absolute Gasteiger partial charge is 0.445 e. The van der Waals surface area contributed by atoms with Gasteiger partial charge in [-0.2, -0.15) is 0 Å². The van der Waals surface area contributed by atoms with Crippen molar-refractivity contribution in [3.63, 3.8) is 0 Å². The first kappa shape index (κ1) is 18.7. The van der Waals surface area contributed by atoms with Gasteiger partial charge in [0.2, 0.25) is 5.91 Å². The minimum Gasteiger partial charge on any atom is -0.445 e. The molecule has 0 bridgehead atoms. The number of benzene rings is 1. The Morgan fingerprint density at radius 2 is 2.00 bits per heavy atom. The Bertz CT molecular complexity index is 839. The van der Waals surface area contributed by atoms with Crippen molar-refractivity contribution in [1.29, 1.82) is 0 Å². The fourth-order valence-electron chi connectivity index (χ4n) is 2.85. The number of amides is 2. The van der Waals surface area contributed by atoms with Crippen LogP contribution in [0.5, 0.6) is 0 Å². The molecule has 2 aromatic rings. The standard InChI is InChI=1S/C20H22BN3O3/c21-17-7-4-10-22-19(17)23-18(25)13-15-8-11-24(12-9-15)20(26)27-14-16-5-2-1-3-6-16/h1-8,10H,9,11-14,21H2,(H,22,23,25). The van der Waals surface area contributed by atoms with Crippen molar-refractivity contribution in [2.45, 2.75) is 19.4 Å². The van der Waals surface area contributed by atoms with Crippen LogP contribution in [0, 0.1) is 0 Å². The predicted molar refractivity (Wildman–Crippen MR) is 107 cm³/mol. The summed E-state index contributed by atoms with van der Waals surface area (Å²) < 4.78 is 5.35. The SMILES string of the molecule is Bc1cccnc1NC(=O)CC1=CCN(C(=O)OCc2ccccc2)CC1. The van der Waals surface area contributed by atoms with E-state index in [4.69, 9.17) is 4.74 Å². The minimum atomic E-state index is -0.331. The summed E-state index contributed by atoms with van der Waals surface area (Å²) in [5.41, 5.74) is 2.91. The molecule has 138 valence electrons. The molecule has 0 atom stereocenters. The van der Waals surface area contributed by atoms with Crippen LogP contribution in [0.4, 0.5) is 10.6 Å². The first-order valence-corrected chi connectivity index (χ1v) is 8.97. The van der Waals surface area contributed by atoms with Gasteiger partial charge in [-0.05, 0) is 23.5 Å². The highest BCUT2D eigenvalue weighted by Crippen LogP contribution is 2.16. The van der Waals surface area contributed by atoms with E-state index >= 15 is 0 Å². The molecule has 1 aliphatic rings. The maximum atomic E-state index is 12.2. The van der Waals surface area contributed by atoms with Crippen LogP contribution in [-0.2, 0) is 16.1 Å². The Balaban J connectivity index is 1.45. The van der Waals surface area contributed by atoms with Gasteiger partial charge in [-0.1, -0.05) is 48.0 Å². The summed E-state index contributed by atoms with van der Waals surface area (Å²) in [7, 11) is 1.90. The molecule has 1 aliphatic heterocycles. The fraction of sp³-hybridized carbons (Fsp3) is 0.250. The number of pyridine rings is 1. The Labute approximate surface area is 159 Å². The van der Waals surface area contributed by atoms with Crippen molar-refractivity contribution in [2.75, 3.05) is 18.4 Å². The smallest absolute Gasteiger partial charge is 0.410 e. The monoisotopic (exact) mass is 363 g/mol. The lowest BCUT2D eigenvalue weighted by Crippen LogP contribution is -2.35. The van der Waals surface area contributed by atoms with E-state index in [9.17, 15) is 9.59 Å². The van der Waals surface area contributed by atoms with Gasteiger partial charge in [0.05, 0.1) is 0 Å². The van der Waals surface area contributed by atoms with Crippen LogP contribution in [0.15, 0.2) is 60.3 Å². The molecule has 6 nitrogen and oxygen atoms in total. The van der Waals surface area contributed by atoms with Crippen molar-refractivity contribution < 1.29 is 14.3 Å². The zero-order valence-electron chi connectivity index (χ0n) is 15.4. The second-order valence-electron chi connectivity index (χ2n) is 6.49. The third kappa shape index (κ3) is 5.44. The van der Waals surface area contributed by atoms with Crippen molar-refractivity contribution in [3.8, 4) is 0 Å². The van der Waals surface area contributed by atoms with Gasteiger partial charge in [-0.15, -0.1) is 0 Å². The maximum Gasteiger partial charge on any atom is 0.410 e. The summed E-state index contributed by atoms with van der Waals surface area (Å²) >= 11 is 0. The summed E-state index contributed by atoms with van der Waals surface area (Å²) in [6, 6.07) is 13.3. The van der Waals surface area contributed by atoms with Gasteiger partial charge < -0.3 is 15.0 Å². The Kier molecular flexibility index (Phi) is 6.25. The maximum absolute atomic E-state index is 12.2. The van der Waals surface area contributed by atoms with E-state index in [1.165, 1.54) is 0 Å². The van der Waals surface area contributed by atoms with Crippen molar-refractivity contribution in [3.05, 3.63) is 65.9 Å². The zero-order chi connectivity index (χ0) is 19.1. The summed E-state index contributed by atoms with van der Waals surface area (Å²) in [5, 5.41) is 2.83. The van der Waals surface area contributed by atoms with E-state index < -0.39 is 0 Å². The number of carbonyl (C=O) groups is 2. The molecule has 0 radical (unpaired) electrons. The van der Waals surface area contributed by atoms with Crippen LogP contribution in [-0.4, -0.2) is 42.8 Å². The lowest BCUT2D eigenvalue weighted by Gasteiger charge is -2.25. The number of aromatic nitrogens is 1. The number of hydrogen-bond donors (Lipinski definition) is 1.